The number of aliphatic imine (C=N–C) groups is 1. The van der Waals surface area contributed by atoms with Crippen LogP contribution in [0.25, 0.3) is 0 Å². The molecule has 0 spiro atoms. The molecular formula is C20H30N3O2+. The van der Waals surface area contributed by atoms with Crippen molar-refractivity contribution < 1.29 is 14.3 Å². The van der Waals surface area contributed by atoms with Gasteiger partial charge in [-0.3, -0.25) is 9.80 Å². The number of aliphatic hydroxyl groups is 1. The van der Waals surface area contributed by atoms with Crippen LogP contribution in [0.4, 0.5) is 0 Å². The molecule has 1 saturated carbocycles. The molecule has 3 heterocycles. The van der Waals surface area contributed by atoms with Crippen molar-refractivity contribution in [3.8, 4) is 0 Å². The molecule has 4 rings (SSSR count). The summed E-state index contributed by atoms with van der Waals surface area (Å²) in [5.74, 6) is 1.11. The monoisotopic (exact) mass is 344 g/mol. The number of quaternary nitrogens is 1. The summed E-state index contributed by atoms with van der Waals surface area (Å²) in [5.41, 5.74) is 4.88. The average Bonchev–Trinajstić information content (AvgIpc) is 3.45. The van der Waals surface area contributed by atoms with E-state index in [1.807, 2.05) is 6.92 Å². The first-order valence-corrected chi connectivity index (χ1v) is 9.55. The van der Waals surface area contributed by atoms with Gasteiger partial charge in [-0.1, -0.05) is 13.0 Å². The Hall–Kier alpha value is -1.27. The fourth-order valence-electron chi connectivity index (χ4n) is 3.79. The smallest absolute Gasteiger partial charge is 0.160 e. The van der Waals surface area contributed by atoms with Gasteiger partial charge >= 0.3 is 0 Å². The molecule has 1 saturated heterocycles. The van der Waals surface area contributed by atoms with Crippen LogP contribution in [0.3, 0.4) is 0 Å². The highest BCUT2D eigenvalue weighted by molar-refractivity contribution is 6.14. The van der Waals surface area contributed by atoms with Crippen LogP contribution < -0.4 is 5.32 Å². The van der Waals surface area contributed by atoms with E-state index in [2.05, 4.69) is 44.7 Å². The van der Waals surface area contributed by atoms with Crippen LogP contribution in [0.5, 0.6) is 0 Å². The Morgan fingerprint density at radius 3 is 2.76 bits per heavy atom. The maximum Gasteiger partial charge on any atom is 0.160 e. The van der Waals surface area contributed by atoms with Gasteiger partial charge in [0.1, 0.15) is 24.2 Å². The van der Waals surface area contributed by atoms with E-state index in [1.54, 1.807) is 0 Å². The number of aliphatic hydroxyl groups excluding tert-OH is 1. The van der Waals surface area contributed by atoms with E-state index in [9.17, 15) is 5.11 Å². The highest BCUT2D eigenvalue weighted by atomic mass is 16.6. The first-order valence-electron chi connectivity index (χ1n) is 9.55. The third kappa shape index (κ3) is 3.26. The number of hydrogen-bond donors (Lipinski definition) is 2. The topological polar surface area (TPSA) is 57.2 Å². The maximum atomic E-state index is 9.25. The van der Waals surface area contributed by atoms with Crippen LogP contribution in [-0.4, -0.2) is 54.4 Å². The summed E-state index contributed by atoms with van der Waals surface area (Å²) in [5, 5.41) is 12.6. The molecule has 5 heteroatoms. The van der Waals surface area contributed by atoms with E-state index in [4.69, 9.17) is 9.73 Å². The lowest BCUT2D eigenvalue weighted by atomic mass is 10.0. The predicted octanol–water partition coefficient (Wildman–Crippen LogP) is 2.31. The number of nitrogens with one attached hydrogen (secondary N) is 1. The van der Waals surface area contributed by atoms with Gasteiger partial charge in [0.15, 0.2) is 5.70 Å². The van der Waals surface area contributed by atoms with E-state index >= 15 is 0 Å². The fourth-order valence-corrected chi connectivity index (χ4v) is 3.79. The first kappa shape index (κ1) is 17.2. The number of fused-ring (bicyclic) bond motifs is 1. The maximum absolute atomic E-state index is 9.25. The lowest BCUT2D eigenvalue weighted by Gasteiger charge is -2.22. The Kier molecular flexibility index (Phi) is 4.23. The standard InChI is InChI=1S/C20H30N3O2/c1-5-13-8-16(14-6-7-14)22-18-15(10-23(3,4)17(18)9-13)19-20(25-19)21-12(2)11-24/h8-10,12-14,19-21,24H,5-7,11H2,1-4H3/q+1. The van der Waals surface area contributed by atoms with Gasteiger partial charge in [-0.05, 0) is 32.3 Å². The summed E-state index contributed by atoms with van der Waals surface area (Å²) in [7, 11) is 4.43. The largest absolute Gasteiger partial charge is 0.395 e. The summed E-state index contributed by atoms with van der Waals surface area (Å²) in [6.45, 7) is 4.33. The van der Waals surface area contributed by atoms with E-state index in [1.165, 1.54) is 29.8 Å². The normalized spacial score (nSPS) is 34.4. The summed E-state index contributed by atoms with van der Waals surface area (Å²) < 4.78 is 6.61. The lowest BCUT2D eigenvalue weighted by Crippen LogP contribution is -2.33. The van der Waals surface area contributed by atoms with Gasteiger partial charge < -0.3 is 9.84 Å². The molecule has 2 N–H and O–H groups in total. The van der Waals surface area contributed by atoms with Crippen molar-refractivity contribution in [3.63, 3.8) is 0 Å². The number of hydrogen-bond acceptors (Lipinski definition) is 4. The van der Waals surface area contributed by atoms with Gasteiger partial charge in [0.2, 0.25) is 0 Å². The van der Waals surface area contributed by atoms with Crippen molar-refractivity contribution in [3.05, 3.63) is 35.3 Å². The van der Waals surface area contributed by atoms with Gasteiger partial charge in [-0.15, -0.1) is 0 Å². The van der Waals surface area contributed by atoms with Crippen LogP contribution >= 0.6 is 0 Å². The van der Waals surface area contributed by atoms with Gasteiger partial charge in [0.25, 0.3) is 0 Å². The van der Waals surface area contributed by atoms with E-state index in [0.29, 0.717) is 11.8 Å². The third-order valence-corrected chi connectivity index (χ3v) is 5.58. The summed E-state index contributed by atoms with van der Waals surface area (Å²) in [4.78, 5) is 5.14. The molecule has 0 amide bonds. The molecule has 0 radical (unpaired) electrons. The summed E-state index contributed by atoms with van der Waals surface area (Å²) >= 11 is 0. The van der Waals surface area contributed by atoms with E-state index in [-0.39, 0.29) is 25.0 Å². The molecule has 0 aromatic heterocycles. The van der Waals surface area contributed by atoms with Gasteiger partial charge in [-0.25, -0.2) is 4.99 Å². The number of ether oxygens (including phenoxy) is 1. The Balaban J connectivity index is 1.64. The van der Waals surface area contributed by atoms with E-state index in [0.717, 1.165) is 16.6 Å². The van der Waals surface area contributed by atoms with Crippen molar-refractivity contribution in [2.24, 2.45) is 16.8 Å². The van der Waals surface area contributed by atoms with Crippen molar-refractivity contribution >= 4 is 5.71 Å². The van der Waals surface area contributed by atoms with Gasteiger partial charge in [0, 0.05) is 23.6 Å². The molecule has 3 aliphatic heterocycles. The zero-order valence-corrected chi connectivity index (χ0v) is 15.7. The summed E-state index contributed by atoms with van der Waals surface area (Å²) in [6, 6.07) is 0.0389. The van der Waals surface area contributed by atoms with Crippen LogP contribution in [0.1, 0.15) is 33.1 Å². The van der Waals surface area contributed by atoms with Crippen molar-refractivity contribution in [1.82, 2.24) is 5.32 Å². The number of rotatable bonds is 6. The first-order chi connectivity index (χ1) is 11.9. The van der Waals surface area contributed by atoms with Gasteiger partial charge in [0.05, 0.1) is 26.3 Å². The van der Waals surface area contributed by atoms with Crippen molar-refractivity contribution in [1.29, 1.82) is 0 Å². The highest BCUT2D eigenvalue weighted by Gasteiger charge is 2.51. The minimum absolute atomic E-state index is 0.0194. The van der Waals surface area contributed by atoms with E-state index < -0.39 is 0 Å². The molecule has 0 aromatic carbocycles. The summed E-state index contributed by atoms with van der Waals surface area (Å²) in [6.07, 6.45) is 10.7. The minimum atomic E-state index is -0.0194. The SMILES string of the molecule is CCC1C=C(C2CC2)N=C2C(C3OC3NC(C)CO)=C[N+](C)(C)C2=C1. The van der Waals surface area contributed by atoms with Crippen molar-refractivity contribution in [2.45, 2.75) is 51.5 Å². The highest BCUT2D eigenvalue weighted by Crippen LogP contribution is 2.44. The molecule has 25 heavy (non-hydrogen) atoms. The molecule has 5 nitrogen and oxygen atoms in total. The minimum Gasteiger partial charge on any atom is -0.395 e. The molecule has 4 unspecified atom stereocenters. The molecule has 4 atom stereocenters. The second-order valence-corrected chi connectivity index (χ2v) is 8.30. The number of allylic oxidation sites excluding steroid dienone is 4. The Morgan fingerprint density at radius 2 is 2.12 bits per heavy atom. The molecule has 4 aliphatic rings. The quantitative estimate of drug-likeness (QED) is 0.574. The molecule has 136 valence electrons. The molecule has 0 bridgehead atoms. The van der Waals surface area contributed by atoms with Crippen LogP contribution in [0.2, 0.25) is 0 Å². The Bertz CT molecular complexity index is 685. The Labute approximate surface area is 150 Å². The third-order valence-electron chi connectivity index (χ3n) is 5.58. The van der Waals surface area contributed by atoms with Crippen LogP contribution in [-0.2, 0) is 4.74 Å². The number of epoxide rings is 1. The lowest BCUT2D eigenvalue weighted by molar-refractivity contribution is -0.790. The molecular weight excluding hydrogens is 314 g/mol. The second-order valence-electron chi connectivity index (χ2n) is 8.30. The zero-order chi connectivity index (χ0) is 17.8. The molecule has 2 fully saturated rings. The fraction of sp³-hybridized carbons (Fsp3) is 0.650. The molecule has 1 aliphatic carbocycles. The number of nitrogens with zero attached hydrogens (tertiary/aromatic N) is 2. The van der Waals surface area contributed by atoms with Gasteiger partial charge in [-0.2, -0.15) is 0 Å². The Morgan fingerprint density at radius 1 is 1.36 bits per heavy atom. The van der Waals surface area contributed by atoms with Crippen LogP contribution in [0, 0.1) is 11.8 Å². The molecule has 0 aromatic rings. The predicted molar refractivity (Wildman–Crippen MR) is 98.6 cm³/mol. The average molecular weight is 344 g/mol. The van der Waals surface area contributed by atoms with Crippen molar-refractivity contribution in [2.75, 3.05) is 20.7 Å². The zero-order valence-electron chi connectivity index (χ0n) is 15.7. The second kappa shape index (κ2) is 6.16. The van der Waals surface area contributed by atoms with Crippen LogP contribution in [0.15, 0.2) is 40.3 Å².